The molecule has 4 heterocycles. The van der Waals surface area contributed by atoms with Crippen molar-refractivity contribution in [1.82, 2.24) is 35.1 Å². The maximum atomic E-state index is 12.3. The van der Waals surface area contributed by atoms with Gasteiger partial charge in [0.15, 0.2) is 0 Å². The topological polar surface area (TPSA) is 74.4 Å². The molecule has 9 nitrogen and oxygen atoms in total. The number of likely N-dealkylation sites (N-methyl/N-ethyl adjacent to an activating group) is 2. The maximum absolute atomic E-state index is 12.3. The fraction of sp³-hybridized carbons (Fsp3) is 0.935. The standard InChI is InChI=1S/C31H59N7O2/c1-25-5-10-34(11-6-25)12-8-27-9-13-37(24-31(40)33-4)22-28(27)29-21-26(2)7-14-38(29)20-19-35-15-17-36(18-16-35)23-30(39)32-3/h25-29H,5-24H2,1-4H3,(H,32,39)(H,33,40)/t26-,27?,28?,29?/m1/s1. The Labute approximate surface area is 244 Å². The van der Waals surface area contributed by atoms with E-state index >= 15 is 0 Å². The molecule has 4 aliphatic rings. The second kappa shape index (κ2) is 15.8. The minimum absolute atomic E-state index is 0.112. The number of piperidine rings is 3. The molecule has 0 radical (unpaired) electrons. The molecule has 4 rings (SSSR count). The maximum Gasteiger partial charge on any atom is 0.233 e. The molecule has 4 saturated heterocycles. The first-order valence-corrected chi connectivity index (χ1v) is 16.4. The Hall–Kier alpha value is -1.26. The van der Waals surface area contributed by atoms with Gasteiger partial charge >= 0.3 is 0 Å². The molecule has 2 amide bonds. The normalized spacial score (nSPS) is 30.8. The quantitative estimate of drug-likeness (QED) is 0.394. The van der Waals surface area contributed by atoms with Crippen LogP contribution in [-0.2, 0) is 9.59 Å². The van der Waals surface area contributed by atoms with Gasteiger partial charge in [-0.3, -0.25) is 29.2 Å². The molecule has 0 spiro atoms. The molecule has 0 bridgehead atoms. The minimum atomic E-state index is 0.112. The lowest BCUT2D eigenvalue weighted by Crippen LogP contribution is -2.57. The zero-order valence-corrected chi connectivity index (χ0v) is 26.1. The fourth-order valence-corrected chi connectivity index (χ4v) is 7.63. The predicted molar refractivity (Wildman–Crippen MR) is 162 cm³/mol. The lowest BCUT2D eigenvalue weighted by Gasteiger charge is -2.49. The summed E-state index contributed by atoms with van der Waals surface area (Å²) < 4.78 is 0. The number of nitrogens with one attached hydrogen (secondary N) is 2. The minimum Gasteiger partial charge on any atom is -0.358 e. The number of likely N-dealkylation sites (tertiary alicyclic amines) is 3. The number of rotatable bonds is 11. The first-order valence-electron chi connectivity index (χ1n) is 16.4. The van der Waals surface area contributed by atoms with Crippen LogP contribution in [0.3, 0.4) is 0 Å². The molecule has 2 N–H and O–H groups in total. The molecule has 9 heteroatoms. The van der Waals surface area contributed by atoms with Gasteiger partial charge < -0.3 is 15.5 Å². The molecular weight excluding hydrogens is 502 g/mol. The molecule has 4 fully saturated rings. The van der Waals surface area contributed by atoms with Gasteiger partial charge in [-0.15, -0.1) is 0 Å². The molecule has 40 heavy (non-hydrogen) atoms. The number of piperazine rings is 1. The zero-order chi connectivity index (χ0) is 28.5. The first kappa shape index (κ1) is 31.7. The van der Waals surface area contributed by atoms with Crippen LogP contribution in [0.2, 0.25) is 0 Å². The summed E-state index contributed by atoms with van der Waals surface area (Å²) in [6.45, 7) is 19.3. The van der Waals surface area contributed by atoms with Crippen molar-refractivity contribution in [1.29, 1.82) is 0 Å². The molecule has 0 aliphatic carbocycles. The summed E-state index contributed by atoms with van der Waals surface area (Å²) in [6.07, 6.45) is 7.80. The van der Waals surface area contributed by atoms with Crippen LogP contribution in [0.4, 0.5) is 0 Å². The molecule has 3 unspecified atom stereocenters. The molecular formula is C31H59N7O2. The Bertz CT molecular complexity index is 782. The Kier molecular flexibility index (Phi) is 12.5. The van der Waals surface area contributed by atoms with Crippen molar-refractivity contribution in [2.75, 3.05) is 106 Å². The fourth-order valence-electron chi connectivity index (χ4n) is 7.63. The van der Waals surface area contributed by atoms with E-state index in [0.717, 1.165) is 70.1 Å². The van der Waals surface area contributed by atoms with Crippen LogP contribution in [0.15, 0.2) is 0 Å². The molecule has 4 aliphatic heterocycles. The number of carbonyl (C=O) groups excluding carboxylic acids is 2. The highest BCUT2D eigenvalue weighted by atomic mass is 16.2. The third kappa shape index (κ3) is 9.38. The summed E-state index contributed by atoms with van der Waals surface area (Å²) in [5.41, 5.74) is 0. The molecule has 230 valence electrons. The lowest BCUT2D eigenvalue weighted by molar-refractivity contribution is -0.123. The zero-order valence-electron chi connectivity index (χ0n) is 26.1. The van der Waals surface area contributed by atoms with Crippen molar-refractivity contribution < 1.29 is 9.59 Å². The van der Waals surface area contributed by atoms with E-state index in [4.69, 9.17) is 0 Å². The van der Waals surface area contributed by atoms with Crippen molar-refractivity contribution >= 4 is 11.8 Å². The Morgan fingerprint density at radius 3 is 1.90 bits per heavy atom. The smallest absolute Gasteiger partial charge is 0.233 e. The third-order valence-electron chi connectivity index (χ3n) is 10.6. The van der Waals surface area contributed by atoms with E-state index in [9.17, 15) is 9.59 Å². The number of hydrogen-bond donors (Lipinski definition) is 2. The monoisotopic (exact) mass is 561 g/mol. The highest BCUT2D eigenvalue weighted by Gasteiger charge is 2.40. The van der Waals surface area contributed by atoms with Gasteiger partial charge in [0.2, 0.25) is 11.8 Å². The van der Waals surface area contributed by atoms with Crippen LogP contribution in [0.5, 0.6) is 0 Å². The van der Waals surface area contributed by atoms with Gasteiger partial charge in [-0.1, -0.05) is 13.8 Å². The number of nitrogens with zero attached hydrogens (tertiary/aromatic N) is 5. The highest BCUT2D eigenvalue weighted by Crippen LogP contribution is 2.37. The van der Waals surface area contributed by atoms with Gasteiger partial charge in [-0.2, -0.15) is 0 Å². The third-order valence-corrected chi connectivity index (χ3v) is 10.6. The SMILES string of the molecule is CNC(=O)CN1CCN(CCN2CC[C@@H](C)CC2C2CN(CC(=O)NC)CCC2CCN2CCC(C)CC2)CC1. The van der Waals surface area contributed by atoms with Crippen molar-refractivity contribution in [2.45, 2.75) is 58.4 Å². The van der Waals surface area contributed by atoms with Gasteiger partial charge in [0.25, 0.3) is 0 Å². The Morgan fingerprint density at radius 2 is 1.23 bits per heavy atom. The van der Waals surface area contributed by atoms with Crippen molar-refractivity contribution in [2.24, 2.45) is 23.7 Å². The second-order valence-electron chi connectivity index (χ2n) is 13.5. The highest BCUT2D eigenvalue weighted by molar-refractivity contribution is 5.78. The van der Waals surface area contributed by atoms with Crippen LogP contribution < -0.4 is 10.6 Å². The van der Waals surface area contributed by atoms with E-state index in [1.54, 1.807) is 14.1 Å². The van der Waals surface area contributed by atoms with Gasteiger partial charge in [0, 0.05) is 66.0 Å². The largest absolute Gasteiger partial charge is 0.358 e. The van der Waals surface area contributed by atoms with E-state index in [1.165, 1.54) is 64.7 Å². The lowest BCUT2D eigenvalue weighted by atomic mass is 9.73. The van der Waals surface area contributed by atoms with E-state index in [-0.39, 0.29) is 11.8 Å². The molecule has 0 saturated carbocycles. The van der Waals surface area contributed by atoms with Crippen LogP contribution in [0, 0.1) is 23.7 Å². The van der Waals surface area contributed by atoms with Crippen LogP contribution in [-0.4, -0.2) is 148 Å². The van der Waals surface area contributed by atoms with Crippen LogP contribution >= 0.6 is 0 Å². The van der Waals surface area contributed by atoms with Crippen LogP contribution in [0.1, 0.15) is 52.4 Å². The van der Waals surface area contributed by atoms with E-state index in [1.807, 2.05) is 0 Å². The summed E-state index contributed by atoms with van der Waals surface area (Å²) in [7, 11) is 3.48. The summed E-state index contributed by atoms with van der Waals surface area (Å²) in [5, 5.41) is 5.60. The van der Waals surface area contributed by atoms with Gasteiger partial charge in [0.05, 0.1) is 13.1 Å². The molecule has 0 aromatic heterocycles. The van der Waals surface area contributed by atoms with Crippen LogP contribution in [0.25, 0.3) is 0 Å². The molecule has 4 atom stereocenters. The van der Waals surface area contributed by atoms with E-state index < -0.39 is 0 Å². The number of carbonyl (C=O) groups is 2. The Morgan fingerprint density at radius 1 is 0.650 bits per heavy atom. The van der Waals surface area contributed by atoms with Gasteiger partial charge in [0.1, 0.15) is 0 Å². The van der Waals surface area contributed by atoms with Gasteiger partial charge in [-0.25, -0.2) is 0 Å². The van der Waals surface area contributed by atoms with Crippen molar-refractivity contribution in [3.8, 4) is 0 Å². The number of amides is 2. The molecule has 0 aromatic rings. The summed E-state index contributed by atoms with van der Waals surface area (Å²) in [6, 6.07) is 0.608. The number of hydrogen-bond acceptors (Lipinski definition) is 7. The van der Waals surface area contributed by atoms with Crippen molar-refractivity contribution in [3.05, 3.63) is 0 Å². The van der Waals surface area contributed by atoms with Gasteiger partial charge in [-0.05, 0) is 94.9 Å². The Balaban J connectivity index is 1.36. The van der Waals surface area contributed by atoms with Crippen molar-refractivity contribution in [3.63, 3.8) is 0 Å². The average Bonchev–Trinajstić information content (AvgIpc) is 2.97. The summed E-state index contributed by atoms with van der Waals surface area (Å²) in [4.78, 5) is 36.9. The average molecular weight is 562 g/mol. The van der Waals surface area contributed by atoms with E-state index in [0.29, 0.717) is 25.0 Å². The summed E-state index contributed by atoms with van der Waals surface area (Å²) in [5.74, 6) is 3.28. The second-order valence-corrected chi connectivity index (χ2v) is 13.5. The predicted octanol–water partition coefficient (Wildman–Crippen LogP) is 1.26. The van der Waals surface area contributed by atoms with E-state index in [2.05, 4.69) is 49.0 Å². The summed E-state index contributed by atoms with van der Waals surface area (Å²) >= 11 is 0. The molecule has 0 aromatic carbocycles. The first-order chi connectivity index (χ1) is 19.3.